The average Bonchev–Trinajstić information content (AvgIpc) is 3.47. The summed E-state index contributed by atoms with van der Waals surface area (Å²) < 4.78 is 2.40. The van der Waals surface area contributed by atoms with Gasteiger partial charge in [0, 0.05) is 33.0 Å². The second kappa shape index (κ2) is 11.2. The van der Waals surface area contributed by atoms with Crippen molar-refractivity contribution in [2.45, 2.75) is 0 Å². The zero-order valence-corrected chi connectivity index (χ0v) is 25.5. The predicted molar refractivity (Wildman–Crippen MR) is 193 cm³/mol. The Bertz CT molecular complexity index is 2500. The molecule has 9 aromatic rings. The van der Waals surface area contributed by atoms with Crippen molar-refractivity contribution in [2.75, 3.05) is 0 Å². The van der Waals surface area contributed by atoms with Crippen molar-refractivity contribution < 1.29 is 0 Å². The van der Waals surface area contributed by atoms with Gasteiger partial charge >= 0.3 is 0 Å². The molecule has 0 bridgehead atoms. The van der Waals surface area contributed by atoms with Gasteiger partial charge in [0.05, 0.1) is 16.7 Å². The van der Waals surface area contributed by atoms with Crippen LogP contribution in [-0.4, -0.2) is 19.5 Å². The van der Waals surface area contributed by atoms with E-state index in [1.807, 2.05) is 60.7 Å². The van der Waals surface area contributed by atoms with Gasteiger partial charge in [-0.1, -0.05) is 133 Å². The maximum Gasteiger partial charge on any atom is 0.164 e. The van der Waals surface area contributed by atoms with Crippen LogP contribution < -0.4 is 0 Å². The molecule has 0 aliphatic heterocycles. The molecule has 0 unspecified atom stereocenters. The second-order valence-electron chi connectivity index (χ2n) is 11.7. The molecule has 4 heteroatoms. The number of fused-ring (bicyclic) bond motifs is 4. The Kier molecular flexibility index (Phi) is 6.43. The summed E-state index contributed by atoms with van der Waals surface area (Å²) in [4.78, 5) is 15.0. The van der Waals surface area contributed by atoms with Crippen molar-refractivity contribution in [1.29, 1.82) is 0 Å². The average molecular weight is 601 g/mol. The van der Waals surface area contributed by atoms with E-state index in [0.29, 0.717) is 17.5 Å². The largest absolute Gasteiger partial charge is 0.309 e. The second-order valence-corrected chi connectivity index (χ2v) is 11.7. The third-order valence-corrected chi connectivity index (χ3v) is 8.82. The van der Waals surface area contributed by atoms with Gasteiger partial charge < -0.3 is 4.57 Å². The lowest BCUT2D eigenvalue weighted by molar-refractivity contribution is 1.07. The van der Waals surface area contributed by atoms with E-state index in [0.717, 1.165) is 33.5 Å². The van der Waals surface area contributed by atoms with E-state index in [1.54, 1.807) is 0 Å². The van der Waals surface area contributed by atoms with Crippen LogP contribution in [0, 0.1) is 0 Å². The van der Waals surface area contributed by atoms with Crippen LogP contribution in [0.2, 0.25) is 0 Å². The smallest absolute Gasteiger partial charge is 0.164 e. The minimum atomic E-state index is 0.634. The topological polar surface area (TPSA) is 43.6 Å². The Hall–Kier alpha value is -6.39. The number of nitrogens with zero attached hydrogens (tertiary/aromatic N) is 4. The Balaban J connectivity index is 1.31. The van der Waals surface area contributed by atoms with E-state index in [9.17, 15) is 0 Å². The fourth-order valence-corrected chi connectivity index (χ4v) is 6.57. The van der Waals surface area contributed by atoms with Gasteiger partial charge in [-0.25, -0.2) is 15.0 Å². The summed E-state index contributed by atoms with van der Waals surface area (Å²) in [6.45, 7) is 0. The molecule has 2 aromatic heterocycles. The summed E-state index contributed by atoms with van der Waals surface area (Å²) in [5, 5.41) is 4.92. The third kappa shape index (κ3) is 4.75. The lowest BCUT2D eigenvalue weighted by Gasteiger charge is -2.16. The molecule has 0 saturated heterocycles. The van der Waals surface area contributed by atoms with Crippen molar-refractivity contribution in [1.82, 2.24) is 19.5 Å². The first kappa shape index (κ1) is 27.0. The molecular formula is C43H28N4. The zero-order chi connectivity index (χ0) is 31.2. The van der Waals surface area contributed by atoms with Gasteiger partial charge in [-0.3, -0.25) is 0 Å². The number of para-hydroxylation sites is 1. The summed E-state index contributed by atoms with van der Waals surface area (Å²) in [5.41, 5.74) is 8.49. The van der Waals surface area contributed by atoms with Gasteiger partial charge in [-0.15, -0.1) is 0 Å². The highest BCUT2D eigenvalue weighted by molar-refractivity contribution is 6.14. The molecule has 0 aliphatic rings. The molecule has 0 aliphatic carbocycles. The standard InChI is InChI=1S/C43H28N4/c1-4-14-29(15-5-1)36-27-34(43-45-41(30-16-6-2-7-17-30)44-42(46-43)31-18-8-3-9-19-31)24-25-39(36)47-38-23-13-12-22-35(38)37-26-32-20-10-11-21-33(32)28-40(37)47/h1-28H. The van der Waals surface area contributed by atoms with Crippen LogP contribution in [-0.2, 0) is 0 Å². The number of benzene rings is 7. The van der Waals surface area contributed by atoms with Gasteiger partial charge in [0.15, 0.2) is 17.5 Å². The van der Waals surface area contributed by atoms with Gasteiger partial charge in [-0.2, -0.15) is 0 Å². The number of aromatic nitrogens is 4. The third-order valence-electron chi connectivity index (χ3n) is 8.82. The lowest BCUT2D eigenvalue weighted by Crippen LogP contribution is -2.02. The molecule has 220 valence electrons. The molecule has 0 atom stereocenters. The van der Waals surface area contributed by atoms with E-state index in [1.165, 1.54) is 32.6 Å². The van der Waals surface area contributed by atoms with Gasteiger partial charge in [0.1, 0.15) is 0 Å². The minimum Gasteiger partial charge on any atom is -0.309 e. The molecule has 9 rings (SSSR count). The summed E-state index contributed by atoms with van der Waals surface area (Å²) >= 11 is 0. The van der Waals surface area contributed by atoms with Crippen LogP contribution in [0.5, 0.6) is 0 Å². The molecule has 0 fully saturated rings. The van der Waals surface area contributed by atoms with E-state index in [4.69, 9.17) is 15.0 Å². The summed E-state index contributed by atoms with van der Waals surface area (Å²) in [7, 11) is 0. The van der Waals surface area contributed by atoms with Gasteiger partial charge in [0.25, 0.3) is 0 Å². The van der Waals surface area contributed by atoms with E-state index >= 15 is 0 Å². The first-order valence-corrected chi connectivity index (χ1v) is 15.8. The Morgan fingerprint density at radius 2 is 0.851 bits per heavy atom. The highest BCUT2D eigenvalue weighted by Gasteiger charge is 2.19. The van der Waals surface area contributed by atoms with Crippen molar-refractivity contribution in [3.8, 4) is 51.0 Å². The Morgan fingerprint density at radius 3 is 1.49 bits per heavy atom. The van der Waals surface area contributed by atoms with Gasteiger partial charge in [0.2, 0.25) is 0 Å². The van der Waals surface area contributed by atoms with Crippen molar-refractivity contribution in [3.63, 3.8) is 0 Å². The first-order valence-electron chi connectivity index (χ1n) is 15.8. The van der Waals surface area contributed by atoms with Crippen molar-refractivity contribution >= 4 is 32.6 Å². The number of hydrogen-bond acceptors (Lipinski definition) is 3. The van der Waals surface area contributed by atoms with Crippen LogP contribution in [0.1, 0.15) is 0 Å². The monoisotopic (exact) mass is 600 g/mol. The molecular weight excluding hydrogens is 573 g/mol. The summed E-state index contributed by atoms with van der Waals surface area (Å²) in [6.07, 6.45) is 0. The quantitative estimate of drug-likeness (QED) is 0.197. The molecule has 4 nitrogen and oxygen atoms in total. The van der Waals surface area contributed by atoms with E-state index in [2.05, 4.69) is 114 Å². The molecule has 2 heterocycles. The molecule has 0 amide bonds. The Morgan fingerprint density at radius 1 is 0.340 bits per heavy atom. The van der Waals surface area contributed by atoms with Crippen molar-refractivity contribution in [2.24, 2.45) is 0 Å². The van der Waals surface area contributed by atoms with Crippen molar-refractivity contribution in [3.05, 3.63) is 170 Å². The maximum absolute atomic E-state index is 5.03. The molecule has 0 radical (unpaired) electrons. The van der Waals surface area contributed by atoms with Crippen LogP contribution in [0.25, 0.3) is 83.6 Å². The van der Waals surface area contributed by atoms with E-state index < -0.39 is 0 Å². The summed E-state index contributed by atoms with van der Waals surface area (Å²) in [6, 6.07) is 59.3. The van der Waals surface area contributed by atoms with Crippen LogP contribution >= 0.6 is 0 Å². The zero-order valence-electron chi connectivity index (χ0n) is 25.5. The van der Waals surface area contributed by atoms with E-state index in [-0.39, 0.29) is 0 Å². The molecule has 0 spiro atoms. The highest BCUT2D eigenvalue weighted by Crippen LogP contribution is 2.39. The number of rotatable bonds is 5. The fourth-order valence-electron chi connectivity index (χ4n) is 6.57. The Labute approximate surface area is 272 Å². The molecule has 47 heavy (non-hydrogen) atoms. The van der Waals surface area contributed by atoms with Crippen LogP contribution in [0.3, 0.4) is 0 Å². The fraction of sp³-hybridized carbons (Fsp3) is 0. The normalized spacial score (nSPS) is 11.4. The number of hydrogen-bond donors (Lipinski definition) is 0. The highest BCUT2D eigenvalue weighted by atomic mass is 15.0. The molecule has 0 saturated carbocycles. The first-order chi connectivity index (χ1) is 23.3. The minimum absolute atomic E-state index is 0.634. The summed E-state index contributed by atoms with van der Waals surface area (Å²) in [5.74, 6) is 1.93. The van der Waals surface area contributed by atoms with Crippen LogP contribution in [0.4, 0.5) is 0 Å². The molecule has 7 aromatic carbocycles. The lowest BCUT2D eigenvalue weighted by atomic mass is 10.00. The van der Waals surface area contributed by atoms with Gasteiger partial charge in [-0.05, 0) is 52.7 Å². The predicted octanol–water partition coefficient (Wildman–Crippen LogP) is 10.8. The SMILES string of the molecule is c1ccc(-c2nc(-c3ccccc3)nc(-c3ccc(-n4c5ccccc5c5cc6ccccc6cc54)c(-c4ccccc4)c3)n2)cc1. The van der Waals surface area contributed by atoms with Crippen LogP contribution in [0.15, 0.2) is 170 Å². The molecule has 0 N–H and O–H groups in total. The maximum atomic E-state index is 5.03.